The number of nitrogens with zero attached hydrogens (tertiary/aromatic N) is 2. The van der Waals surface area contributed by atoms with E-state index in [0.29, 0.717) is 17.9 Å². The molecule has 1 aromatic rings. The summed E-state index contributed by atoms with van der Waals surface area (Å²) in [6.07, 6.45) is 1.58. The van der Waals surface area contributed by atoms with E-state index in [0.717, 1.165) is 19.6 Å². The fraction of sp³-hybridized carbons (Fsp3) is 0.412. The molecular formula is C17H22ClN3O2. The SMILES string of the molecule is C=CCOc1cc(Cl)c(C#N)cc1C(=O)NCCN(CC)CC. The molecule has 0 aliphatic heterocycles. The van der Waals surface area contributed by atoms with Crippen LogP contribution in [0.1, 0.15) is 29.8 Å². The normalized spacial score (nSPS) is 10.2. The maximum absolute atomic E-state index is 12.4. The first-order valence-electron chi connectivity index (χ1n) is 7.55. The third-order valence-electron chi connectivity index (χ3n) is 3.40. The molecule has 1 N–H and O–H groups in total. The Bertz CT molecular complexity index is 592. The summed E-state index contributed by atoms with van der Waals surface area (Å²) in [7, 11) is 0. The molecule has 0 atom stereocenters. The molecule has 1 rings (SSSR count). The van der Waals surface area contributed by atoms with E-state index in [1.807, 2.05) is 6.07 Å². The van der Waals surface area contributed by atoms with Crippen LogP contribution in [0.5, 0.6) is 5.75 Å². The van der Waals surface area contributed by atoms with Gasteiger partial charge in [-0.1, -0.05) is 38.1 Å². The largest absolute Gasteiger partial charge is 0.489 e. The lowest BCUT2D eigenvalue weighted by molar-refractivity contribution is 0.0945. The van der Waals surface area contributed by atoms with Crippen molar-refractivity contribution in [1.29, 1.82) is 5.26 Å². The lowest BCUT2D eigenvalue weighted by atomic mass is 10.1. The molecule has 23 heavy (non-hydrogen) atoms. The first kappa shape index (κ1) is 19.0. The zero-order chi connectivity index (χ0) is 17.2. The summed E-state index contributed by atoms with van der Waals surface area (Å²) in [5.74, 6) is 0.0543. The Morgan fingerprint density at radius 3 is 2.74 bits per heavy atom. The van der Waals surface area contributed by atoms with Crippen molar-refractivity contribution >= 4 is 17.5 Å². The number of halogens is 1. The fourth-order valence-electron chi connectivity index (χ4n) is 2.05. The molecule has 1 amide bonds. The standard InChI is InChI=1S/C17H22ClN3O2/c1-4-9-23-16-11-15(18)13(12-19)10-14(16)17(22)20-7-8-21(5-2)6-3/h4,10-11H,1,5-9H2,2-3H3,(H,20,22). The minimum absolute atomic E-state index is 0.242. The highest BCUT2D eigenvalue weighted by Gasteiger charge is 2.16. The third-order valence-corrected chi connectivity index (χ3v) is 3.71. The molecule has 1 aromatic carbocycles. The summed E-state index contributed by atoms with van der Waals surface area (Å²) in [5, 5.41) is 12.2. The number of carbonyl (C=O) groups excluding carboxylic acids is 1. The smallest absolute Gasteiger partial charge is 0.255 e. The molecule has 6 heteroatoms. The molecule has 0 saturated carbocycles. The summed E-state index contributed by atoms with van der Waals surface area (Å²) in [5.41, 5.74) is 0.541. The van der Waals surface area contributed by atoms with E-state index in [4.69, 9.17) is 21.6 Å². The molecule has 0 bridgehead atoms. The average molecular weight is 336 g/mol. The van der Waals surface area contributed by atoms with Crippen LogP contribution in [0, 0.1) is 11.3 Å². The van der Waals surface area contributed by atoms with Crippen molar-refractivity contribution in [3.8, 4) is 11.8 Å². The van der Waals surface area contributed by atoms with Crippen LogP contribution in [-0.4, -0.2) is 43.6 Å². The Morgan fingerprint density at radius 1 is 1.48 bits per heavy atom. The molecule has 0 spiro atoms. The molecule has 5 nitrogen and oxygen atoms in total. The number of amides is 1. The molecular weight excluding hydrogens is 314 g/mol. The van der Waals surface area contributed by atoms with Gasteiger partial charge in [-0.15, -0.1) is 0 Å². The summed E-state index contributed by atoms with van der Waals surface area (Å²) in [6.45, 7) is 11.1. The van der Waals surface area contributed by atoms with Crippen molar-refractivity contribution in [1.82, 2.24) is 10.2 Å². The van der Waals surface area contributed by atoms with Crippen LogP contribution in [0.15, 0.2) is 24.8 Å². The minimum atomic E-state index is -0.288. The Hall–Kier alpha value is -2.03. The van der Waals surface area contributed by atoms with Gasteiger partial charge in [-0.2, -0.15) is 5.26 Å². The number of nitrogens with one attached hydrogen (secondary N) is 1. The first-order valence-corrected chi connectivity index (χ1v) is 7.93. The van der Waals surface area contributed by atoms with E-state index in [-0.39, 0.29) is 23.1 Å². The van der Waals surface area contributed by atoms with Crippen LogP contribution < -0.4 is 10.1 Å². The van der Waals surface area contributed by atoms with Gasteiger partial charge in [-0.25, -0.2) is 0 Å². The highest BCUT2D eigenvalue weighted by molar-refractivity contribution is 6.32. The van der Waals surface area contributed by atoms with E-state index in [1.54, 1.807) is 6.08 Å². The van der Waals surface area contributed by atoms with Crippen LogP contribution in [0.25, 0.3) is 0 Å². The predicted octanol–water partition coefficient (Wildman–Crippen LogP) is 2.85. The Kier molecular flexibility index (Phi) is 8.17. The first-order chi connectivity index (χ1) is 11.1. The van der Waals surface area contributed by atoms with E-state index < -0.39 is 0 Å². The van der Waals surface area contributed by atoms with E-state index in [1.165, 1.54) is 12.1 Å². The van der Waals surface area contributed by atoms with E-state index in [2.05, 4.69) is 30.6 Å². The van der Waals surface area contributed by atoms with Gasteiger partial charge in [0.15, 0.2) is 0 Å². The molecule has 0 aliphatic carbocycles. The highest BCUT2D eigenvalue weighted by atomic mass is 35.5. The number of hydrogen-bond donors (Lipinski definition) is 1. The molecule has 0 radical (unpaired) electrons. The van der Waals surface area contributed by atoms with Crippen molar-refractivity contribution in [2.45, 2.75) is 13.8 Å². The predicted molar refractivity (Wildman–Crippen MR) is 92.0 cm³/mol. The molecule has 0 heterocycles. The van der Waals surface area contributed by atoms with Crippen molar-refractivity contribution in [3.05, 3.63) is 40.9 Å². The number of carbonyl (C=O) groups is 1. The topological polar surface area (TPSA) is 65.4 Å². The molecule has 0 unspecified atom stereocenters. The highest BCUT2D eigenvalue weighted by Crippen LogP contribution is 2.27. The molecule has 0 aliphatic rings. The second-order valence-electron chi connectivity index (χ2n) is 4.82. The Morgan fingerprint density at radius 2 is 2.17 bits per heavy atom. The van der Waals surface area contributed by atoms with Gasteiger partial charge in [-0.3, -0.25) is 4.79 Å². The van der Waals surface area contributed by atoms with Crippen LogP contribution in [0.3, 0.4) is 0 Å². The van der Waals surface area contributed by atoms with Crippen molar-refractivity contribution in [2.75, 3.05) is 32.8 Å². The fourth-order valence-corrected chi connectivity index (χ4v) is 2.24. The second-order valence-corrected chi connectivity index (χ2v) is 5.23. The van der Waals surface area contributed by atoms with Gasteiger partial charge in [0, 0.05) is 19.2 Å². The summed E-state index contributed by atoms with van der Waals surface area (Å²) >= 11 is 6.00. The minimum Gasteiger partial charge on any atom is -0.489 e. The van der Waals surface area contributed by atoms with Gasteiger partial charge in [0.1, 0.15) is 18.4 Å². The van der Waals surface area contributed by atoms with Crippen LogP contribution >= 0.6 is 11.6 Å². The zero-order valence-electron chi connectivity index (χ0n) is 13.6. The molecule has 124 valence electrons. The Labute approximate surface area is 142 Å². The van der Waals surface area contributed by atoms with Crippen LogP contribution in [-0.2, 0) is 0 Å². The van der Waals surface area contributed by atoms with Crippen molar-refractivity contribution in [2.24, 2.45) is 0 Å². The summed E-state index contributed by atoms with van der Waals surface area (Å²) in [4.78, 5) is 14.6. The van der Waals surface area contributed by atoms with Gasteiger partial charge in [0.25, 0.3) is 5.91 Å². The lowest BCUT2D eigenvalue weighted by Crippen LogP contribution is -2.35. The molecule has 0 saturated heterocycles. The quantitative estimate of drug-likeness (QED) is 0.705. The molecule has 0 fully saturated rings. The van der Waals surface area contributed by atoms with Crippen molar-refractivity contribution in [3.63, 3.8) is 0 Å². The van der Waals surface area contributed by atoms with Crippen molar-refractivity contribution < 1.29 is 9.53 Å². The third kappa shape index (κ3) is 5.59. The number of nitriles is 1. The van der Waals surface area contributed by atoms with Gasteiger partial charge >= 0.3 is 0 Å². The van der Waals surface area contributed by atoms with Gasteiger partial charge in [-0.05, 0) is 19.2 Å². The monoisotopic (exact) mass is 335 g/mol. The second kappa shape index (κ2) is 9.88. The lowest BCUT2D eigenvalue weighted by Gasteiger charge is -2.18. The number of ether oxygens (including phenoxy) is 1. The number of likely N-dealkylation sites (N-methyl/N-ethyl adjacent to an activating group) is 1. The zero-order valence-corrected chi connectivity index (χ0v) is 14.3. The maximum atomic E-state index is 12.4. The van der Waals surface area contributed by atoms with Crippen LogP contribution in [0.2, 0.25) is 5.02 Å². The maximum Gasteiger partial charge on any atom is 0.255 e. The Balaban J connectivity index is 2.88. The van der Waals surface area contributed by atoms with E-state index in [9.17, 15) is 4.79 Å². The number of hydrogen-bond acceptors (Lipinski definition) is 4. The van der Waals surface area contributed by atoms with Gasteiger partial charge in [0.2, 0.25) is 0 Å². The van der Waals surface area contributed by atoms with Gasteiger partial charge < -0.3 is 15.0 Å². The summed E-state index contributed by atoms with van der Waals surface area (Å²) < 4.78 is 5.47. The number of benzene rings is 1. The summed E-state index contributed by atoms with van der Waals surface area (Å²) in [6, 6.07) is 4.91. The van der Waals surface area contributed by atoms with E-state index >= 15 is 0 Å². The van der Waals surface area contributed by atoms with Crippen LogP contribution in [0.4, 0.5) is 0 Å². The molecule has 0 aromatic heterocycles. The average Bonchev–Trinajstić information content (AvgIpc) is 2.56. The number of rotatable bonds is 9. The van der Waals surface area contributed by atoms with Gasteiger partial charge in [0.05, 0.1) is 16.1 Å².